The van der Waals surface area contributed by atoms with Gasteiger partial charge in [0.05, 0.1) is 31.5 Å². The highest BCUT2D eigenvalue weighted by molar-refractivity contribution is 5.12. The van der Waals surface area contributed by atoms with E-state index in [1.165, 1.54) is 0 Å². The molecule has 0 amide bonds. The second kappa shape index (κ2) is 2.20. The Hall–Kier alpha value is -0.160. The van der Waals surface area contributed by atoms with Crippen LogP contribution in [0.2, 0.25) is 0 Å². The first-order chi connectivity index (χ1) is 5.79. The van der Waals surface area contributed by atoms with E-state index in [-0.39, 0.29) is 24.7 Å². The number of aliphatic hydroxyl groups is 2. The van der Waals surface area contributed by atoms with Crippen LogP contribution in [0.1, 0.15) is 0 Å². The maximum absolute atomic E-state index is 9.63. The van der Waals surface area contributed by atoms with Crippen molar-refractivity contribution in [2.24, 2.45) is 11.8 Å². The van der Waals surface area contributed by atoms with Gasteiger partial charge in [0.2, 0.25) is 0 Å². The fourth-order valence-electron chi connectivity index (χ4n) is 2.43. The third-order valence-corrected chi connectivity index (χ3v) is 3.21. The molecule has 3 fully saturated rings. The van der Waals surface area contributed by atoms with Crippen molar-refractivity contribution in [3.05, 3.63) is 0 Å². The van der Waals surface area contributed by atoms with Crippen LogP contribution in [0, 0.1) is 11.8 Å². The monoisotopic (exact) mass is 172 g/mol. The van der Waals surface area contributed by atoms with E-state index in [4.69, 9.17) is 9.47 Å². The Balaban J connectivity index is 1.86. The van der Waals surface area contributed by atoms with Crippen LogP contribution >= 0.6 is 0 Å². The third kappa shape index (κ3) is 0.758. The Morgan fingerprint density at radius 2 is 1.67 bits per heavy atom. The molecule has 0 aromatic rings. The van der Waals surface area contributed by atoms with E-state index in [9.17, 15) is 10.2 Å². The van der Waals surface area contributed by atoms with E-state index in [1.807, 2.05) is 0 Å². The highest BCUT2D eigenvalue weighted by Crippen LogP contribution is 2.51. The Bertz CT molecular complexity index is 205. The lowest BCUT2D eigenvalue weighted by Gasteiger charge is -2.19. The molecule has 3 aliphatic rings. The fourth-order valence-corrected chi connectivity index (χ4v) is 2.43. The lowest BCUT2D eigenvalue weighted by Crippen LogP contribution is -2.36. The molecule has 1 saturated carbocycles. The van der Waals surface area contributed by atoms with Crippen LogP contribution in [0.5, 0.6) is 0 Å². The second-order valence-electron chi connectivity index (χ2n) is 3.90. The van der Waals surface area contributed by atoms with Crippen molar-refractivity contribution in [3.63, 3.8) is 0 Å². The average Bonchev–Trinajstić information content (AvgIpc) is 2.58. The van der Waals surface area contributed by atoms with E-state index in [2.05, 4.69) is 0 Å². The summed E-state index contributed by atoms with van der Waals surface area (Å²) in [6.45, 7) is 0.826. The van der Waals surface area contributed by atoms with Gasteiger partial charge in [-0.15, -0.1) is 0 Å². The highest BCUT2D eigenvalue weighted by Gasteiger charge is 2.64. The predicted molar refractivity (Wildman–Crippen MR) is 38.5 cm³/mol. The van der Waals surface area contributed by atoms with E-state index < -0.39 is 12.2 Å². The van der Waals surface area contributed by atoms with Crippen LogP contribution in [0.25, 0.3) is 0 Å². The summed E-state index contributed by atoms with van der Waals surface area (Å²) < 4.78 is 10.8. The number of hydrogen-bond donors (Lipinski definition) is 2. The Morgan fingerprint density at radius 1 is 1.00 bits per heavy atom. The molecular weight excluding hydrogens is 160 g/mol. The van der Waals surface area contributed by atoms with Crippen molar-refractivity contribution in [1.82, 2.24) is 0 Å². The normalized spacial score (nSPS) is 62.5. The molecular formula is C8H12O4. The number of rotatable bonds is 0. The molecule has 0 bridgehead atoms. The molecule has 6 unspecified atom stereocenters. The van der Waals surface area contributed by atoms with Gasteiger partial charge in [-0.3, -0.25) is 0 Å². The zero-order chi connectivity index (χ0) is 8.29. The minimum absolute atomic E-state index is 0.0949. The van der Waals surface area contributed by atoms with Crippen LogP contribution in [0.3, 0.4) is 0 Å². The van der Waals surface area contributed by atoms with E-state index in [0.29, 0.717) is 12.5 Å². The Kier molecular flexibility index (Phi) is 1.33. The molecule has 68 valence electrons. The molecule has 3 rings (SSSR count). The summed E-state index contributed by atoms with van der Waals surface area (Å²) in [5, 5.41) is 19.0. The quantitative estimate of drug-likeness (QED) is 0.479. The Labute approximate surface area is 70.1 Å². The molecule has 2 heterocycles. The van der Waals surface area contributed by atoms with Crippen LogP contribution < -0.4 is 0 Å². The van der Waals surface area contributed by atoms with Crippen molar-refractivity contribution >= 4 is 0 Å². The van der Waals surface area contributed by atoms with Gasteiger partial charge in [0, 0.05) is 11.8 Å². The molecule has 12 heavy (non-hydrogen) atoms. The van der Waals surface area contributed by atoms with Gasteiger partial charge < -0.3 is 19.7 Å². The topological polar surface area (TPSA) is 58.9 Å². The van der Waals surface area contributed by atoms with E-state index in [1.54, 1.807) is 0 Å². The van der Waals surface area contributed by atoms with Gasteiger partial charge in [-0.2, -0.15) is 0 Å². The minimum Gasteiger partial charge on any atom is -0.390 e. The molecule has 0 radical (unpaired) electrons. The number of fused-ring (bicyclic) bond motifs is 1. The van der Waals surface area contributed by atoms with E-state index in [0.717, 1.165) is 0 Å². The molecule has 4 heteroatoms. The molecule has 0 aromatic heterocycles. The van der Waals surface area contributed by atoms with Crippen molar-refractivity contribution in [2.45, 2.75) is 24.4 Å². The van der Waals surface area contributed by atoms with Gasteiger partial charge in [-0.25, -0.2) is 0 Å². The lowest BCUT2D eigenvalue weighted by atomic mass is 9.95. The maximum atomic E-state index is 9.63. The molecule has 4 nitrogen and oxygen atoms in total. The number of ether oxygens (including phenoxy) is 2. The van der Waals surface area contributed by atoms with Gasteiger partial charge in [-0.05, 0) is 0 Å². The molecule has 1 aliphatic carbocycles. The minimum atomic E-state index is -0.731. The second-order valence-corrected chi connectivity index (χ2v) is 3.90. The van der Waals surface area contributed by atoms with Crippen LogP contribution in [0.15, 0.2) is 0 Å². The number of hydrogen-bond acceptors (Lipinski definition) is 4. The van der Waals surface area contributed by atoms with Crippen molar-refractivity contribution < 1.29 is 19.7 Å². The summed E-state index contributed by atoms with van der Waals surface area (Å²) in [6, 6.07) is 0. The fraction of sp³-hybridized carbons (Fsp3) is 1.00. The molecule has 2 aliphatic heterocycles. The summed E-state index contributed by atoms with van der Waals surface area (Å²) in [6.07, 6.45) is -1.04. The summed E-state index contributed by atoms with van der Waals surface area (Å²) in [5.74, 6) is 0.439. The molecule has 0 aromatic carbocycles. The van der Waals surface area contributed by atoms with Crippen LogP contribution in [-0.2, 0) is 9.47 Å². The van der Waals surface area contributed by atoms with Gasteiger partial charge in [0.15, 0.2) is 0 Å². The predicted octanol–water partition coefficient (Wildman–Crippen LogP) is -1.25. The van der Waals surface area contributed by atoms with Crippen molar-refractivity contribution in [1.29, 1.82) is 0 Å². The Morgan fingerprint density at radius 3 is 2.42 bits per heavy atom. The average molecular weight is 172 g/mol. The zero-order valence-corrected chi connectivity index (χ0v) is 6.59. The summed E-state index contributed by atoms with van der Waals surface area (Å²) >= 11 is 0. The third-order valence-electron chi connectivity index (χ3n) is 3.21. The SMILES string of the molecule is OC1COC2C3OCC(C1O)C23. The maximum Gasteiger partial charge on any atom is 0.104 e. The highest BCUT2D eigenvalue weighted by atomic mass is 16.6. The van der Waals surface area contributed by atoms with Crippen LogP contribution in [-0.4, -0.2) is 47.8 Å². The van der Waals surface area contributed by atoms with Crippen molar-refractivity contribution in [3.8, 4) is 0 Å². The van der Waals surface area contributed by atoms with Gasteiger partial charge in [-0.1, -0.05) is 0 Å². The van der Waals surface area contributed by atoms with Gasteiger partial charge in [0.1, 0.15) is 6.10 Å². The first kappa shape index (κ1) is 7.26. The summed E-state index contributed by atoms with van der Waals surface area (Å²) in [4.78, 5) is 0. The smallest absolute Gasteiger partial charge is 0.104 e. The molecule has 2 N–H and O–H groups in total. The summed E-state index contributed by atoms with van der Waals surface area (Å²) in [5.41, 5.74) is 0. The largest absolute Gasteiger partial charge is 0.390 e. The molecule has 0 spiro atoms. The van der Waals surface area contributed by atoms with Crippen molar-refractivity contribution in [2.75, 3.05) is 13.2 Å². The standard InChI is InChI=1S/C8H12O4/c9-4-2-12-8-5-3(6(4)10)1-11-7(5)8/h3-10H,1-2H2. The molecule has 6 atom stereocenters. The summed E-state index contributed by atoms with van der Waals surface area (Å²) in [7, 11) is 0. The lowest BCUT2D eigenvalue weighted by molar-refractivity contribution is -0.0401. The number of aliphatic hydroxyl groups excluding tert-OH is 2. The zero-order valence-electron chi connectivity index (χ0n) is 6.59. The molecule has 2 saturated heterocycles. The van der Waals surface area contributed by atoms with Gasteiger partial charge >= 0.3 is 0 Å². The van der Waals surface area contributed by atoms with Gasteiger partial charge in [0.25, 0.3) is 0 Å². The van der Waals surface area contributed by atoms with E-state index >= 15 is 0 Å². The first-order valence-electron chi connectivity index (χ1n) is 4.38. The first-order valence-corrected chi connectivity index (χ1v) is 4.38. The van der Waals surface area contributed by atoms with Crippen LogP contribution in [0.4, 0.5) is 0 Å².